The highest BCUT2D eigenvalue weighted by atomic mass is 35.5. The third-order valence-corrected chi connectivity index (χ3v) is 8.91. The van der Waals surface area contributed by atoms with Gasteiger partial charge in [0.15, 0.2) is 0 Å². The van der Waals surface area contributed by atoms with E-state index in [0.717, 1.165) is 52.8 Å². The number of nitrogen functional groups attached to an aromatic ring is 1. The van der Waals surface area contributed by atoms with Crippen molar-refractivity contribution in [3.05, 3.63) is 53.1 Å². The zero-order valence-electron chi connectivity index (χ0n) is 19.7. The van der Waals surface area contributed by atoms with E-state index in [1.807, 2.05) is 24.0 Å². The second-order valence-corrected chi connectivity index (χ2v) is 11.1. The fourth-order valence-corrected chi connectivity index (χ4v) is 6.93. The lowest BCUT2D eigenvalue weighted by Crippen LogP contribution is -2.37. The minimum atomic E-state index is 0.203. The van der Waals surface area contributed by atoms with Crippen LogP contribution in [0.2, 0.25) is 5.28 Å². The minimum Gasteiger partial charge on any atom is -0.383 e. The SMILES string of the molecule is Nc1nc(Cl)nc2c1c(-c1nccs1)cn2C1CCC(C2CCN(CCc3ccncc3)CC2)C1. The molecule has 1 aliphatic heterocycles. The Morgan fingerprint density at radius 2 is 1.86 bits per heavy atom. The second-order valence-electron chi connectivity index (χ2n) is 9.88. The molecule has 6 rings (SSSR count). The van der Waals surface area contributed by atoms with Gasteiger partial charge in [0.25, 0.3) is 0 Å². The van der Waals surface area contributed by atoms with Crippen molar-refractivity contribution in [2.75, 3.05) is 25.4 Å². The molecule has 4 aromatic rings. The van der Waals surface area contributed by atoms with Gasteiger partial charge >= 0.3 is 0 Å². The van der Waals surface area contributed by atoms with Crippen molar-refractivity contribution in [1.82, 2.24) is 29.4 Å². The minimum absolute atomic E-state index is 0.203. The lowest BCUT2D eigenvalue weighted by molar-refractivity contribution is 0.148. The number of hydrogen-bond acceptors (Lipinski definition) is 7. The first-order valence-corrected chi connectivity index (χ1v) is 13.8. The Hall–Kier alpha value is -2.55. The quantitative estimate of drug-likeness (QED) is 0.348. The van der Waals surface area contributed by atoms with E-state index in [1.165, 1.54) is 44.3 Å². The van der Waals surface area contributed by atoms with E-state index in [1.54, 1.807) is 11.3 Å². The van der Waals surface area contributed by atoms with Crippen molar-refractivity contribution in [3.63, 3.8) is 0 Å². The molecule has 0 bridgehead atoms. The van der Waals surface area contributed by atoms with Gasteiger partial charge in [-0.3, -0.25) is 4.98 Å². The molecular weight excluding hydrogens is 478 g/mol. The van der Waals surface area contributed by atoms with E-state index in [0.29, 0.717) is 11.9 Å². The highest BCUT2D eigenvalue weighted by Crippen LogP contribution is 2.45. The second kappa shape index (κ2) is 9.84. The van der Waals surface area contributed by atoms with Gasteiger partial charge in [0.05, 0.1) is 5.39 Å². The van der Waals surface area contributed by atoms with Crippen LogP contribution in [0.5, 0.6) is 0 Å². The number of rotatable bonds is 6. The van der Waals surface area contributed by atoms with Crippen LogP contribution in [0.3, 0.4) is 0 Å². The summed E-state index contributed by atoms with van der Waals surface area (Å²) in [6.07, 6.45) is 15.1. The summed E-state index contributed by atoms with van der Waals surface area (Å²) in [5, 5.41) is 4.00. The maximum Gasteiger partial charge on any atom is 0.226 e. The highest BCUT2D eigenvalue weighted by molar-refractivity contribution is 7.13. The summed E-state index contributed by atoms with van der Waals surface area (Å²) in [6, 6.07) is 4.66. The van der Waals surface area contributed by atoms with Crippen molar-refractivity contribution in [2.45, 2.75) is 44.6 Å². The molecule has 2 atom stereocenters. The fourth-order valence-electron chi connectivity index (χ4n) is 6.10. The standard InChI is InChI=1S/C26H30ClN7S/c27-26-31-23(28)22-21(25-30-10-14-35-25)16-34(24(22)32-26)20-2-1-19(15-20)18-6-12-33(13-7-18)11-5-17-3-8-29-9-4-17/h3-4,8-10,14,16,18-20H,1-2,5-7,11-13,15H2,(H2,28,31,32). The number of fused-ring (bicyclic) bond motifs is 1. The number of piperidine rings is 1. The first kappa shape index (κ1) is 22.9. The average molecular weight is 508 g/mol. The summed E-state index contributed by atoms with van der Waals surface area (Å²) >= 11 is 7.84. The summed E-state index contributed by atoms with van der Waals surface area (Å²) in [4.78, 5) is 20.1. The predicted molar refractivity (Wildman–Crippen MR) is 142 cm³/mol. The first-order valence-electron chi connectivity index (χ1n) is 12.5. The van der Waals surface area contributed by atoms with Crippen LogP contribution in [0.25, 0.3) is 21.6 Å². The Morgan fingerprint density at radius 3 is 2.63 bits per heavy atom. The number of thiazole rings is 1. The number of aromatic nitrogens is 5. The van der Waals surface area contributed by atoms with Crippen molar-refractivity contribution < 1.29 is 0 Å². The van der Waals surface area contributed by atoms with Gasteiger partial charge in [0, 0.05) is 48.3 Å². The van der Waals surface area contributed by atoms with E-state index in [4.69, 9.17) is 17.3 Å². The molecule has 0 radical (unpaired) electrons. The molecule has 2 aliphatic rings. The molecule has 1 saturated carbocycles. The Morgan fingerprint density at radius 1 is 1.03 bits per heavy atom. The number of likely N-dealkylation sites (tertiary alicyclic amines) is 1. The van der Waals surface area contributed by atoms with Crippen LogP contribution in [0, 0.1) is 11.8 Å². The first-order chi connectivity index (χ1) is 17.2. The lowest BCUT2D eigenvalue weighted by Gasteiger charge is -2.35. The van der Waals surface area contributed by atoms with E-state index < -0.39 is 0 Å². The zero-order valence-corrected chi connectivity index (χ0v) is 21.3. The number of pyridine rings is 1. The highest BCUT2D eigenvalue weighted by Gasteiger charge is 2.35. The molecule has 7 nitrogen and oxygen atoms in total. The number of anilines is 1. The summed E-state index contributed by atoms with van der Waals surface area (Å²) < 4.78 is 2.31. The van der Waals surface area contributed by atoms with Gasteiger partial charge < -0.3 is 15.2 Å². The van der Waals surface area contributed by atoms with Crippen LogP contribution in [-0.2, 0) is 6.42 Å². The zero-order chi connectivity index (χ0) is 23.8. The van der Waals surface area contributed by atoms with Gasteiger partial charge in [0.2, 0.25) is 5.28 Å². The Labute approximate surface area is 214 Å². The van der Waals surface area contributed by atoms with Gasteiger partial charge in [-0.25, -0.2) is 9.97 Å². The molecule has 4 aromatic heterocycles. The Balaban J connectivity index is 1.14. The lowest BCUT2D eigenvalue weighted by atomic mass is 9.83. The molecule has 182 valence electrons. The summed E-state index contributed by atoms with van der Waals surface area (Å²) in [6.45, 7) is 3.55. The molecule has 0 amide bonds. The van der Waals surface area contributed by atoms with Crippen molar-refractivity contribution >= 4 is 39.8 Å². The van der Waals surface area contributed by atoms with Gasteiger partial charge in [-0.15, -0.1) is 11.3 Å². The summed E-state index contributed by atoms with van der Waals surface area (Å²) in [5.74, 6) is 2.00. The molecular formula is C26H30ClN7S. The van der Waals surface area contributed by atoms with Crippen LogP contribution < -0.4 is 5.73 Å². The maximum atomic E-state index is 6.32. The van der Waals surface area contributed by atoms with Gasteiger partial charge in [-0.1, -0.05) is 0 Å². The molecule has 2 N–H and O–H groups in total. The molecule has 5 heterocycles. The largest absolute Gasteiger partial charge is 0.383 e. The van der Waals surface area contributed by atoms with E-state index in [2.05, 4.69) is 47.7 Å². The molecule has 2 unspecified atom stereocenters. The monoisotopic (exact) mass is 507 g/mol. The summed E-state index contributed by atoms with van der Waals surface area (Å²) in [5.41, 5.74) is 9.54. The van der Waals surface area contributed by atoms with Crippen LogP contribution in [-0.4, -0.2) is 49.0 Å². The molecule has 1 saturated heterocycles. The summed E-state index contributed by atoms with van der Waals surface area (Å²) in [7, 11) is 0. The van der Waals surface area contributed by atoms with Gasteiger partial charge in [-0.05, 0) is 92.7 Å². The topological polar surface area (TPSA) is 85.8 Å². The third-order valence-electron chi connectivity index (χ3n) is 7.94. The van der Waals surface area contributed by atoms with Crippen LogP contribution in [0.4, 0.5) is 5.82 Å². The van der Waals surface area contributed by atoms with Crippen molar-refractivity contribution in [3.8, 4) is 10.6 Å². The van der Waals surface area contributed by atoms with Gasteiger partial charge in [-0.2, -0.15) is 4.98 Å². The molecule has 2 fully saturated rings. The smallest absolute Gasteiger partial charge is 0.226 e. The van der Waals surface area contributed by atoms with Crippen molar-refractivity contribution in [1.29, 1.82) is 0 Å². The molecule has 0 spiro atoms. The number of nitrogens with two attached hydrogens (primary N) is 1. The molecule has 9 heteroatoms. The molecule has 35 heavy (non-hydrogen) atoms. The third kappa shape index (κ3) is 4.67. The van der Waals surface area contributed by atoms with E-state index >= 15 is 0 Å². The number of halogens is 1. The number of hydrogen-bond donors (Lipinski definition) is 1. The maximum absolute atomic E-state index is 6.32. The van der Waals surface area contributed by atoms with Gasteiger partial charge in [0.1, 0.15) is 16.5 Å². The Bertz CT molecular complexity index is 1280. The molecule has 1 aliphatic carbocycles. The van der Waals surface area contributed by atoms with E-state index in [9.17, 15) is 0 Å². The normalized spacial score (nSPS) is 21.7. The van der Waals surface area contributed by atoms with Crippen LogP contribution in [0.1, 0.15) is 43.7 Å². The molecule has 0 aromatic carbocycles. The van der Waals surface area contributed by atoms with Crippen LogP contribution in [0.15, 0.2) is 42.3 Å². The Kier molecular flexibility index (Phi) is 6.43. The van der Waals surface area contributed by atoms with E-state index in [-0.39, 0.29) is 5.28 Å². The number of nitrogens with zero attached hydrogens (tertiary/aromatic N) is 6. The van der Waals surface area contributed by atoms with Crippen LogP contribution >= 0.6 is 22.9 Å². The fraction of sp³-hybridized carbons (Fsp3) is 0.462. The predicted octanol–water partition coefficient (Wildman–Crippen LogP) is 5.48. The van der Waals surface area contributed by atoms with Crippen molar-refractivity contribution in [2.24, 2.45) is 11.8 Å². The average Bonchev–Trinajstić information content (AvgIpc) is 3.63.